The van der Waals surface area contributed by atoms with Crippen LogP contribution in [0.25, 0.3) is 0 Å². The second-order valence-electron chi connectivity index (χ2n) is 20.4. The Kier molecular flexibility index (Phi) is 10.9. The highest BCUT2D eigenvalue weighted by molar-refractivity contribution is 6.01. The molecule has 9 atom stereocenters. The summed E-state index contributed by atoms with van der Waals surface area (Å²) in [5.74, 6) is -0.690. The molecule has 0 heterocycles. The molecule has 0 aromatic heterocycles. The van der Waals surface area contributed by atoms with Gasteiger partial charge < -0.3 is 25.0 Å². The number of carbonyl (C=O) groups is 4. The van der Waals surface area contributed by atoms with Gasteiger partial charge in [0, 0.05) is 35.9 Å². The fraction of sp³-hybridized carbons (Fsp3) is 0.739. The first-order chi connectivity index (χ1) is 25.6. The number of hydrogen-bond donors (Lipinski definition) is 3. The van der Waals surface area contributed by atoms with E-state index in [1.807, 2.05) is 18.2 Å². The minimum atomic E-state index is -1.19. The lowest BCUT2D eigenvalue weighted by atomic mass is 9.33. The summed E-state index contributed by atoms with van der Waals surface area (Å²) in [7, 11) is 0. The number of hydrogen-bond acceptors (Lipinski definition) is 7. The van der Waals surface area contributed by atoms with Gasteiger partial charge >= 0.3 is 11.9 Å². The molecular weight excluding hydrogens is 695 g/mol. The quantitative estimate of drug-likeness (QED) is 0.194. The molecule has 3 N–H and O–H groups in total. The van der Waals surface area contributed by atoms with E-state index in [1.54, 1.807) is 30.9 Å². The van der Waals surface area contributed by atoms with Crippen molar-refractivity contribution in [3.05, 3.63) is 47.0 Å². The Morgan fingerprint density at radius 2 is 1.58 bits per heavy atom. The highest BCUT2D eigenvalue weighted by Crippen LogP contribution is 2.77. The Bertz CT molecular complexity index is 1710. The molecule has 0 spiro atoms. The molecule has 1 aromatic rings. The number of benzene rings is 1. The third-order valence-electron chi connectivity index (χ3n) is 16.6. The number of carboxylic acids is 1. The van der Waals surface area contributed by atoms with E-state index < -0.39 is 28.9 Å². The molecule has 4 fully saturated rings. The molecule has 6 rings (SSSR count). The van der Waals surface area contributed by atoms with Gasteiger partial charge in [0.15, 0.2) is 5.78 Å². The zero-order valence-electron chi connectivity index (χ0n) is 34.9. The maximum absolute atomic E-state index is 14.2. The highest BCUT2D eigenvalue weighted by Gasteiger charge is 2.71. The molecule has 1 aromatic carbocycles. The van der Waals surface area contributed by atoms with Crippen LogP contribution in [0.15, 0.2) is 41.5 Å². The van der Waals surface area contributed by atoms with Crippen molar-refractivity contribution in [2.24, 2.45) is 56.2 Å². The van der Waals surface area contributed by atoms with Crippen LogP contribution in [-0.4, -0.2) is 75.8 Å². The Morgan fingerprint density at radius 3 is 2.20 bits per heavy atom. The van der Waals surface area contributed by atoms with Crippen molar-refractivity contribution in [3.8, 4) is 0 Å². The standard InChI is InChI=1S/C46H67NO8/c1-28(2)37-31(49)25-46(34(50)27-47(23-24-48)39(52)29-13-11-10-12-14-29)22-21-44(8)30(38(37)46)15-16-33-43(7)19-18-35(55-36(51)26-41(3,4)40(53)54)42(5,6)32(43)17-20-45(33,44)9/h10-14,28,30,32-35,48,50H,15-27H2,1-9H3,(H,53,54)/t30-,32+,33-,34?,35+,43+,44-,45-,46?/m1/s1. The minimum absolute atomic E-state index is 0.00508. The highest BCUT2D eigenvalue weighted by atomic mass is 16.5. The smallest absolute Gasteiger partial charge is 0.309 e. The van der Waals surface area contributed by atoms with Crippen molar-refractivity contribution in [2.45, 2.75) is 139 Å². The number of rotatable bonds is 11. The topological polar surface area (TPSA) is 141 Å². The second kappa shape index (κ2) is 14.4. The van der Waals surface area contributed by atoms with Crippen LogP contribution in [-0.2, 0) is 19.1 Å². The summed E-state index contributed by atoms with van der Waals surface area (Å²) in [5, 5.41) is 32.0. The maximum atomic E-state index is 14.2. The van der Waals surface area contributed by atoms with Crippen molar-refractivity contribution in [1.82, 2.24) is 4.90 Å². The van der Waals surface area contributed by atoms with Gasteiger partial charge in [-0.15, -0.1) is 0 Å². The zero-order valence-corrected chi connectivity index (χ0v) is 34.9. The number of fused-ring (bicyclic) bond motifs is 7. The number of aliphatic hydroxyl groups is 2. The number of carboxylic acid groups (broad SMARTS) is 1. The van der Waals surface area contributed by atoms with E-state index in [9.17, 15) is 34.5 Å². The van der Waals surface area contributed by atoms with Crippen LogP contribution in [0.1, 0.15) is 137 Å². The Balaban J connectivity index is 1.30. The Hall–Kier alpha value is -3.04. The zero-order chi connectivity index (χ0) is 40.5. The minimum Gasteiger partial charge on any atom is -0.481 e. The van der Waals surface area contributed by atoms with E-state index in [4.69, 9.17) is 4.74 Å². The van der Waals surface area contributed by atoms with Crippen molar-refractivity contribution in [1.29, 1.82) is 0 Å². The number of allylic oxidation sites excluding steroid dienone is 1. The third kappa shape index (κ3) is 6.51. The number of Topliss-reactive ketones (excluding diaryl/α,β-unsaturated/α-hetero) is 1. The predicted molar refractivity (Wildman–Crippen MR) is 211 cm³/mol. The normalized spacial score (nSPS) is 36.0. The van der Waals surface area contributed by atoms with Gasteiger partial charge in [0.2, 0.25) is 0 Å². The molecule has 304 valence electrons. The molecule has 5 aliphatic rings. The molecular formula is C46H67NO8. The summed E-state index contributed by atoms with van der Waals surface area (Å²) in [5.41, 5.74) is 0.164. The van der Waals surface area contributed by atoms with Crippen molar-refractivity contribution in [3.63, 3.8) is 0 Å². The predicted octanol–water partition coefficient (Wildman–Crippen LogP) is 7.88. The second-order valence-corrected chi connectivity index (χ2v) is 20.4. The first kappa shape index (κ1) is 41.6. The van der Waals surface area contributed by atoms with Crippen LogP contribution in [0.4, 0.5) is 0 Å². The van der Waals surface area contributed by atoms with E-state index >= 15 is 0 Å². The lowest BCUT2D eigenvalue weighted by molar-refractivity contribution is -0.235. The molecule has 4 saturated carbocycles. The molecule has 0 aliphatic heterocycles. The average molecular weight is 762 g/mol. The van der Waals surface area contributed by atoms with Crippen molar-refractivity contribution in [2.75, 3.05) is 19.7 Å². The number of carbonyl (C=O) groups excluding carboxylic acids is 3. The lowest BCUT2D eigenvalue weighted by Gasteiger charge is -2.72. The van der Waals surface area contributed by atoms with Gasteiger partial charge in [-0.3, -0.25) is 19.2 Å². The summed E-state index contributed by atoms with van der Waals surface area (Å²) in [6.07, 6.45) is 6.03. The summed E-state index contributed by atoms with van der Waals surface area (Å²) >= 11 is 0. The first-order valence-corrected chi connectivity index (χ1v) is 20.9. The third-order valence-corrected chi connectivity index (χ3v) is 16.6. The molecule has 9 heteroatoms. The number of ketones is 1. The van der Waals surface area contributed by atoms with E-state index in [2.05, 4.69) is 48.5 Å². The van der Waals surface area contributed by atoms with Crippen LogP contribution in [0.2, 0.25) is 0 Å². The molecule has 0 radical (unpaired) electrons. The molecule has 9 nitrogen and oxygen atoms in total. The van der Waals surface area contributed by atoms with E-state index in [1.165, 1.54) is 0 Å². The van der Waals surface area contributed by atoms with Crippen LogP contribution in [0.5, 0.6) is 0 Å². The largest absolute Gasteiger partial charge is 0.481 e. The van der Waals surface area contributed by atoms with Gasteiger partial charge in [0.25, 0.3) is 5.91 Å². The molecule has 0 bridgehead atoms. The SMILES string of the molecule is CC(C)C1=C2[C@H]3CC[C@@H]4[C@@]5(C)CC[C@H](OC(=O)CC(C)(C)C(=O)O)C(C)(C)[C@@H]5CC[C@@]4(C)[C@]3(C)CCC2(C(O)CN(CCO)C(=O)c2ccccc2)CC1=O. The Labute approximate surface area is 328 Å². The lowest BCUT2D eigenvalue weighted by Crippen LogP contribution is -2.66. The molecule has 1 amide bonds. The van der Waals surface area contributed by atoms with Gasteiger partial charge in [-0.1, -0.05) is 72.2 Å². The van der Waals surface area contributed by atoms with Crippen molar-refractivity contribution < 1.29 is 39.2 Å². The van der Waals surface area contributed by atoms with Gasteiger partial charge in [-0.2, -0.15) is 0 Å². The molecule has 5 aliphatic carbocycles. The first-order valence-electron chi connectivity index (χ1n) is 20.9. The number of nitrogens with zero attached hydrogens (tertiary/aromatic N) is 1. The molecule has 2 unspecified atom stereocenters. The summed E-state index contributed by atoms with van der Waals surface area (Å²) in [4.78, 5) is 54.3. The monoisotopic (exact) mass is 761 g/mol. The van der Waals surface area contributed by atoms with Gasteiger partial charge in [0.1, 0.15) is 6.10 Å². The number of ether oxygens (including phenoxy) is 1. The fourth-order valence-corrected chi connectivity index (χ4v) is 13.5. The van der Waals surface area contributed by atoms with Crippen molar-refractivity contribution >= 4 is 23.6 Å². The van der Waals surface area contributed by atoms with Gasteiger partial charge in [-0.25, -0.2) is 0 Å². The van der Waals surface area contributed by atoms with Gasteiger partial charge in [0.05, 0.1) is 24.5 Å². The average Bonchev–Trinajstić information content (AvgIpc) is 3.42. The number of esters is 1. The van der Waals surface area contributed by atoms with E-state index in [-0.39, 0.29) is 83.8 Å². The number of aliphatic hydroxyl groups excluding tert-OH is 2. The summed E-state index contributed by atoms with van der Waals surface area (Å²) < 4.78 is 6.16. The maximum Gasteiger partial charge on any atom is 0.309 e. The molecule has 0 saturated heterocycles. The van der Waals surface area contributed by atoms with Gasteiger partial charge in [-0.05, 0) is 123 Å². The summed E-state index contributed by atoms with van der Waals surface area (Å²) in [6, 6.07) is 8.98. The van der Waals surface area contributed by atoms with Crippen LogP contribution in [0.3, 0.4) is 0 Å². The Morgan fingerprint density at radius 1 is 0.909 bits per heavy atom. The molecule has 55 heavy (non-hydrogen) atoms. The number of amides is 1. The number of aliphatic carboxylic acids is 1. The fourth-order valence-electron chi connectivity index (χ4n) is 13.5. The van der Waals surface area contributed by atoms with E-state index in [0.717, 1.165) is 56.1 Å². The van der Waals surface area contributed by atoms with Crippen LogP contribution >= 0.6 is 0 Å². The van der Waals surface area contributed by atoms with Crippen LogP contribution in [0, 0.1) is 56.2 Å². The van der Waals surface area contributed by atoms with E-state index in [0.29, 0.717) is 23.8 Å². The summed E-state index contributed by atoms with van der Waals surface area (Å²) in [6.45, 7) is 19.2. The van der Waals surface area contributed by atoms with Crippen LogP contribution < -0.4 is 0 Å².